The molecule has 2 aromatic heterocycles. The molecule has 33 heavy (non-hydrogen) atoms. The number of pyridine rings is 1. The number of alkyl halides is 3. The molecule has 1 aromatic carbocycles. The molecular weight excluding hydrogens is 441 g/mol. The normalized spacial score (nSPS) is 11.6. The van der Waals surface area contributed by atoms with Crippen molar-refractivity contribution >= 4 is 17.4 Å². The van der Waals surface area contributed by atoms with Crippen LogP contribution in [0.25, 0.3) is 16.9 Å². The molecule has 0 atom stereocenters. The molecule has 0 saturated heterocycles. The second-order valence-electron chi connectivity index (χ2n) is 7.50. The van der Waals surface area contributed by atoms with Gasteiger partial charge in [0, 0.05) is 42.6 Å². The van der Waals surface area contributed by atoms with Crippen LogP contribution in [0, 0.1) is 0 Å². The summed E-state index contributed by atoms with van der Waals surface area (Å²) in [5.41, 5.74) is 2.20. The summed E-state index contributed by atoms with van der Waals surface area (Å²) in [6.45, 7) is 2.64. The number of aliphatic hydroxyl groups is 1. The quantitative estimate of drug-likeness (QED) is 0.410. The molecule has 2 heterocycles. The number of hydrogen-bond donors (Lipinski definition) is 3. The highest BCUT2D eigenvalue weighted by Gasteiger charge is 2.27. The summed E-state index contributed by atoms with van der Waals surface area (Å²) in [5, 5.41) is 13.1. The fourth-order valence-corrected chi connectivity index (χ4v) is 3.03. The van der Waals surface area contributed by atoms with Crippen molar-refractivity contribution in [2.24, 2.45) is 0 Å². The molecular formula is C22H25F3N4O4. The van der Waals surface area contributed by atoms with Gasteiger partial charge in [-0.15, -0.1) is 0 Å². The van der Waals surface area contributed by atoms with E-state index in [2.05, 4.69) is 10.3 Å². The van der Waals surface area contributed by atoms with E-state index in [1.807, 2.05) is 13.8 Å². The molecule has 0 bridgehead atoms. The van der Waals surface area contributed by atoms with Crippen LogP contribution in [0.4, 0.5) is 23.7 Å². The van der Waals surface area contributed by atoms with E-state index >= 15 is 0 Å². The van der Waals surface area contributed by atoms with E-state index < -0.39 is 18.8 Å². The van der Waals surface area contributed by atoms with Gasteiger partial charge in [0.2, 0.25) is 0 Å². The van der Waals surface area contributed by atoms with Crippen molar-refractivity contribution in [3.05, 3.63) is 42.7 Å². The predicted octanol–water partition coefficient (Wildman–Crippen LogP) is 4.23. The van der Waals surface area contributed by atoms with Crippen LogP contribution in [-0.2, 0) is 0 Å². The lowest BCUT2D eigenvalue weighted by Crippen LogP contribution is -2.36. The molecule has 3 N–H and O–H groups in total. The number of nitrogens with one attached hydrogen (secondary N) is 2. The maximum Gasteiger partial charge on any atom is 0.405 e. The first kappa shape index (κ1) is 24.2. The Morgan fingerprint density at radius 1 is 1.21 bits per heavy atom. The Hall–Kier alpha value is -3.47. The minimum absolute atomic E-state index is 0.0369. The van der Waals surface area contributed by atoms with Gasteiger partial charge in [0.05, 0.1) is 24.6 Å². The topological polar surface area (TPSA) is 97.1 Å². The van der Waals surface area contributed by atoms with E-state index in [0.29, 0.717) is 41.4 Å². The molecule has 8 nitrogen and oxygen atoms in total. The Morgan fingerprint density at radius 2 is 2.00 bits per heavy atom. The molecule has 0 unspecified atom stereocenters. The summed E-state index contributed by atoms with van der Waals surface area (Å²) in [6.07, 6.45) is -0.755. The number of carbonyl (C=O) groups is 1. The summed E-state index contributed by atoms with van der Waals surface area (Å²) in [5.74, 6) is 1.04. The number of imidazole rings is 1. The smallest absolute Gasteiger partial charge is 0.405 e. The Balaban J connectivity index is 1.88. The number of nitrogens with zero attached hydrogens (tertiary/aromatic N) is 2. The highest BCUT2D eigenvalue weighted by atomic mass is 19.4. The van der Waals surface area contributed by atoms with Gasteiger partial charge in [-0.3, -0.25) is 4.40 Å². The standard InChI is InChI=1S/C22H25F3N4O4/c1-14(2)33-18-9-15(8-16(10-18)28-21(31)27-13-22(23,24)25)19-12-26-20-11-17(4-5-29(19)20)32-7-3-6-30/h4-5,8-12,14,30H,3,6-7,13H2,1-2H3,(H2,27,28,31). The number of aliphatic hydroxyl groups excluding tert-OH is 1. The van der Waals surface area contributed by atoms with Gasteiger partial charge in [-0.1, -0.05) is 0 Å². The highest BCUT2D eigenvalue weighted by molar-refractivity contribution is 5.90. The minimum atomic E-state index is -4.51. The van der Waals surface area contributed by atoms with Gasteiger partial charge >= 0.3 is 12.2 Å². The average molecular weight is 466 g/mol. The SMILES string of the molecule is CC(C)Oc1cc(NC(=O)NCC(F)(F)F)cc(-c2cnc3cc(OCCCO)ccn23)c1. The van der Waals surface area contributed by atoms with E-state index in [4.69, 9.17) is 14.6 Å². The van der Waals surface area contributed by atoms with Crippen LogP contribution in [0.2, 0.25) is 0 Å². The average Bonchev–Trinajstić information content (AvgIpc) is 3.15. The molecule has 0 saturated carbocycles. The molecule has 0 aliphatic rings. The first-order valence-electron chi connectivity index (χ1n) is 10.3. The number of carbonyl (C=O) groups excluding carboxylic acids is 1. The predicted molar refractivity (Wildman–Crippen MR) is 117 cm³/mol. The van der Waals surface area contributed by atoms with Crippen LogP contribution >= 0.6 is 0 Å². The zero-order valence-electron chi connectivity index (χ0n) is 18.1. The Labute approximate surface area is 188 Å². The number of anilines is 1. The number of amides is 2. The van der Waals surface area contributed by atoms with Gasteiger partial charge in [-0.05, 0) is 32.0 Å². The lowest BCUT2D eigenvalue weighted by Gasteiger charge is -2.15. The number of ether oxygens (including phenoxy) is 2. The molecule has 2 amide bonds. The number of rotatable bonds is 9. The van der Waals surface area contributed by atoms with Crippen molar-refractivity contribution in [1.82, 2.24) is 14.7 Å². The van der Waals surface area contributed by atoms with Crippen molar-refractivity contribution < 1.29 is 32.5 Å². The van der Waals surface area contributed by atoms with Gasteiger partial charge in [0.1, 0.15) is 23.7 Å². The molecule has 0 aliphatic carbocycles. The van der Waals surface area contributed by atoms with Crippen molar-refractivity contribution in [3.8, 4) is 22.8 Å². The van der Waals surface area contributed by atoms with Gasteiger partial charge in [-0.25, -0.2) is 9.78 Å². The summed E-state index contributed by atoms with van der Waals surface area (Å²) >= 11 is 0. The Morgan fingerprint density at radius 3 is 2.70 bits per heavy atom. The van der Waals surface area contributed by atoms with Gasteiger partial charge in [0.15, 0.2) is 0 Å². The monoisotopic (exact) mass is 466 g/mol. The van der Waals surface area contributed by atoms with Gasteiger partial charge in [-0.2, -0.15) is 13.2 Å². The van der Waals surface area contributed by atoms with Crippen molar-refractivity contribution in [2.75, 3.05) is 25.1 Å². The first-order chi connectivity index (χ1) is 15.6. The number of urea groups is 1. The van der Waals surface area contributed by atoms with Gasteiger partial charge in [0.25, 0.3) is 0 Å². The van der Waals surface area contributed by atoms with E-state index in [1.165, 1.54) is 6.07 Å². The van der Waals surface area contributed by atoms with Crippen LogP contribution < -0.4 is 20.1 Å². The molecule has 3 rings (SSSR count). The number of fused-ring (bicyclic) bond motifs is 1. The van der Waals surface area contributed by atoms with Crippen LogP contribution in [0.15, 0.2) is 42.7 Å². The second-order valence-corrected chi connectivity index (χ2v) is 7.50. The third-order valence-electron chi connectivity index (χ3n) is 4.34. The summed E-state index contributed by atoms with van der Waals surface area (Å²) < 4.78 is 50.3. The lowest BCUT2D eigenvalue weighted by molar-refractivity contribution is -0.122. The number of benzene rings is 1. The molecule has 0 radical (unpaired) electrons. The van der Waals surface area contributed by atoms with Crippen LogP contribution in [0.3, 0.4) is 0 Å². The number of hydrogen-bond acceptors (Lipinski definition) is 5. The number of halogens is 3. The third-order valence-corrected chi connectivity index (χ3v) is 4.34. The third kappa shape index (κ3) is 7.01. The van der Waals surface area contributed by atoms with Gasteiger partial charge < -0.3 is 25.2 Å². The molecule has 3 aromatic rings. The van der Waals surface area contributed by atoms with E-state index in [9.17, 15) is 18.0 Å². The molecule has 0 aliphatic heterocycles. The maximum absolute atomic E-state index is 12.4. The van der Waals surface area contributed by atoms with E-state index in [1.54, 1.807) is 46.4 Å². The molecule has 0 spiro atoms. The molecule has 11 heteroatoms. The fourth-order valence-electron chi connectivity index (χ4n) is 3.03. The van der Waals surface area contributed by atoms with E-state index in [-0.39, 0.29) is 18.4 Å². The second kappa shape index (κ2) is 10.4. The summed E-state index contributed by atoms with van der Waals surface area (Å²) in [6, 6.07) is 7.44. The molecule has 0 fully saturated rings. The van der Waals surface area contributed by atoms with Crippen molar-refractivity contribution in [1.29, 1.82) is 0 Å². The lowest BCUT2D eigenvalue weighted by atomic mass is 10.1. The summed E-state index contributed by atoms with van der Waals surface area (Å²) in [7, 11) is 0. The fraction of sp³-hybridized carbons (Fsp3) is 0.364. The minimum Gasteiger partial charge on any atom is -0.493 e. The van der Waals surface area contributed by atoms with Crippen LogP contribution in [0.1, 0.15) is 20.3 Å². The molecule has 178 valence electrons. The van der Waals surface area contributed by atoms with E-state index in [0.717, 1.165) is 0 Å². The van der Waals surface area contributed by atoms with Crippen molar-refractivity contribution in [2.45, 2.75) is 32.5 Å². The zero-order valence-corrected chi connectivity index (χ0v) is 18.1. The maximum atomic E-state index is 12.4. The highest BCUT2D eigenvalue weighted by Crippen LogP contribution is 2.30. The van der Waals surface area contributed by atoms with Crippen molar-refractivity contribution in [3.63, 3.8) is 0 Å². The Kier molecular flexibility index (Phi) is 7.64. The first-order valence-corrected chi connectivity index (χ1v) is 10.3. The largest absolute Gasteiger partial charge is 0.493 e. The van der Waals surface area contributed by atoms with Crippen LogP contribution in [-0.4, -0.2) is 52.6 Å². The van der Waals surface area contributed by atoms with Crippen LogP contribution in [0.5, 0.6) is 11.5 Å². The summed E-state index contributed by atoms with van der Waals surface area (Å²) in [4.78, 5) is 16.3. The Bertz CT molecular complexity index is 1100. The zero-order chi connectivity index (χ0) is 24.0. The number of aromatic nitrogens is 2.